The summed E-state index contributed by atoms with van der Waals surface area (Å²) in [6, 6.07) is 9.32. The molecule has 0 saturated heterocycles. The summed E-state index contributed by atoms with van der Waals surface area (Å²) in [5.74, 6) is -1.54. The van der Waals surface area contributed by atoms with E-state index in [1.54, 1.807) is 6.08 Å². The number of rotatable bonds is 7. The first-order valence-corrected chi connectivity index (χ1v) is 8.33. The highest BCUT2D eigenvalue weighted by Gasteiger charge is 2.23. The van der Waals surface area contributed by atoms with Gasteiger partial charge in [0.25, 0.3) is 0 Å². The molecule has 1 rings (SSSR count). The molecule has 0 aromatic heterocycles. The summed E-state index contributed by atoms with van der Waals surface area (Å²) in [4.78, 5) is 23.8. The molecule has 0 amide bonds. The molecular weight excluding hydrogens is 304 g/mol. The summed E-state index contributed by atoms with van der Waals surface area (Å²) in [6.45, 7) is 9.27. The summed E-state index contributed by atoms with van der Waals surface area (Å²) >= 11 is 0. The zero-order chi connectivity index (χ0) is 18.3. The van der Waals surface area contributed by atoms with Crippen LogP contribution in [-0.4, -0.2) is 22.6 Å². The van der Waals surface area contributed by atoms with E-state index in [9.17, 15) is 14.7 Å². The number of carboxylic acids is 1. The molecule has 132 valence electrons. The molecule has 0 unspecified atom stereocenters. The Labute approximate surface area is 144 Å². The number of aliphatic carboxylic acids is 1. The molecule has 1 aromatic carbocycles. The molecule has 0 saturated carbocycles. The van der Waals surface area contributed by atoms with Crippen LogP contribution in [0.25, 0.3) is 5.57 Å². The van der Waals surface area contributed by atoms with Crippen LogP contribution >= 0.6 is 0 Å². The number of esters is 1. The van der Waals surface area contributed by atoms with Crippen LogP contribution in [0.2, 0.25) is 0 Å². The van der Waals surface area contributed by atoms with Gasteiger partial charge in [0.1, 0.15) is 5.60 Å². The molecule has 0 bridgehead atoms. The highest BCUT2D eigenvalue weighted by atomic mass is 16.6. The van der Waals surface area contributed by atoms with Crippen LogP contribution in [0, 0.1) is 11.8 Å². The predicted molar refractivity (Wildman–Crippen MR) is 95.5 cm³/mol. The second kappa shape index (κ2) is 8.67. The van der Waals surface area contributed by atoms with Crippen LogP contribution in [0.3, 0.4) is 0 Å². The van der Waals surface area contributed by atoms with Gasteiger partial charge in [0.15, 0.2) is 0 Å². The molecule has 1 aromatic rings. The molecule has 24 heavy (non-hydrogen) atoms. The average Bonchev–Trinajstić information content (AvgIpc) is 2.45. The fraction of sp³-hybridized carbons (Fsp3) is 0.500. The molecule has 1 N–H and O–H groups in total. The van der Waals surface area contributed by atoms with Crippen molar-refractivity contribution < 1.29 is 19.4 Å². The summed E-state index contributed by atoms with van der Waals surface area (Å²) in [5, 5.41) is 9.28. The molecule has 0 radical (unpaired) electrons. The fourth-order valence-electron chi connectivity index (χ4n) is 2.42. The number of carbonyl (C=O) groups is 2. The molecule has 4 nitrogen and oxygen atoms in total. The van der Waals surface area contributed by atoms with Gasteiger partial charge in [-0.3, -0.25) is 4.79 Å². The first-order chi connectivity index (χ1) is 11.1. The lowest BCUT2D eigenvalue weighted by Crippen LogP contribution is -2.24. The molecule has 0 aliphatic heterocycles. The molecule has 0 fully saturated rings. The first kappa shape index (κ1) is 19.9. The number of benzene rings is 1. The Balaban J connectivity index is 2.97. The summed E-state index contributed by atoms with van der Waals surface area (Å²) in [6.07, 6.45) is 2.80. The van der Waals surface area contributed by atoms with E-state index >= 15 is 0 Å². The fourth-order valence-corrected chi connectivity index (χ4v) is 2.42. The van der Waals surface area contributed by atoms with E-state index in [4.69, 9.17) is 4.74 Å². The van der Waals surface area contributed by atoms with E-state index in [0.29, 0.717) is 18.4 Å². The second-order valence-electron chi connectivity index (χ2n) is 7.25. The number of hydrogen-bond acceptors (Lipinski definition) is 3. The van der Waals surface area contributed by atoms with Crippen LogP contribution in [0.4, 0.5) is 0 Å². The third kappa shape index (κ3) is 6.57. The maximum atomic E-state index is 12.5. The Kier molecular flexibility index (Phi) is 7.20. The Bertz CT molecular complexity index is 579. The Morgan fingerprint density at radius 2 is 1.75 bits per heavy atom. The monoisotopic (exact) mass is 332 g/mol. The SMILES string of the molecule is CC(C)[C@@H](CC/C=C(\C(=O)OC(C)(C)C)c1ccccc1)C(=O)O. The third-order valence-corrected chi connectivity index (χ3v) is 3.65. The predicted octanol–water partition coefficient (Wildman–Crippen LogP) is 4.55. The highest BCUT2D eigenvalue weighted by Crippen LogP contribution is 2.23. The largest absolute Gasteiger partial charge is 0.481 e. The van der Waals surface area contributed by atoms with Crippen molar-refractivity contribution in [2.75, 3.05) is 0 Å². The van der Waals surface area contributed by atoms with Gasteiger partial charge in [0.05, 0.1) is 11.5 Å². The lowest BCUT2D eigenvalue weighted by Gasteiger charge is -2.21. The summed E-state index contributed by atoms with van der Waals surface area (Å²) in [7, 11) is 0. The zero-order valence-electron chi connectivity index (χ0n) is 15.2. The van der Waals surface area contributed by atoms with E-state index in [1.807, 2.05) is 65.0 Å². The van der Waals surface area contributed by atoms with Gasteiger partial charge in [-0.2, -0.15) is 0 Å². The van der Waals surface area contributed by atoms with Gasteiger partial charge in [-0.15, -0.1) is 0 Å². The van der Waals surface area contributed by atoms with E-state index in [2.05, 4.69) is 0 Å². The molecule has 1 atom stereocenters. The van der Waals surface area contributed by atoms with Gasteiger partial charge >= 0.3 is 11.9 Å². The third-order valence-electron chi connectivity index (χ3n) is 3.65. The Morgan fingerprint density at radius 3 is 2.21 bits per heavy atom. The smallest absolute Gasteiger partial charge is 0.338 e. The molecule has 0 aliphatic carbocycles. The van der Waals surface area contributed by atoms with Gasteiger partial charge < -0.3 is 9.84 Å². The van der Waals surface area contributed by atoms with Crippen molar-refractivity contribution in [2.24, 2.45) is 11.8 Å². The number of carbonyl (C=O) groups excluding carboxylic acids is 1. The maximum Gasteiger partial charge on any atom is 0.338 e. The van der Waals surface area contributed by atoms with Crippen molar-refractivity contribution in [1.82, 2.24) is 0 Å². The van der Waals surface area contributed by atoms with Crippen LogP contribution in [0.5, 0.6) is 0 Å². The van der Waals surface area contributed by atoms with Crippen LogP contribution in [0.15, 0.2) is 36.4 Å². The van der Waals surface area contributed by atoms with Crippen LogP contribution in [0.1, 0.15) is 53.0 Å². The minimum Gasteiger partial charge on any atom is -0.481 e. The number of allylic oxidation sites excluding steroid dienone is 1. The minimum absolute atomic E-state index is 0.0533. The van der Waals surface area contributed by atoms with Gasteiger partial charge in [0.2, 0.25) is 0 Å². The van der Waals surface area contributed by atoms with Gasteiger partial charge in [-0.25, -0.2) is 4.79 Å². The van der Waals surface area contributed by atoms with Crippen molar-refractivity contribution in [2.45, 2.75) is 53.1 Å². The molecule has 4 heteroatoms. The van der Waals surface area contributed by atoms with Crippen LogP contribution in [-0.2, 0) is 14.3 Å². The number of ether oxygens (including phenoxy) is 1. The zero-order valence-corrected chi connectivity index (χ0v) is 15.2. The second-order valence-corrected chi connectivity index (χ2v) is 7.25. The average molecular weight is 332 g/mol. The lowest BCUT2D eigenvalue weighted by atomic mass is 9.90. The number of hydrogen-bond donors (Lipinski definition) is 1. The lowest BCUT2D eigenvalue weighted by molar-refractivity contribution is -0.147. The van der Waals surface area contributed by atoms with Gasteiger partial charge in [0, 0.05) is 0 Å². The Hall–Kier alpha value is -2.10. The summed E-state index contributed by atoms with van der Waals surface area (Å²) in [5.41, 5.74) is 0.688. The van der Waals surface area contributed by atoms with Gasteiger partial charge in [-0.1, -0.05) is 50.3 Å². The van der Waals surface area contributed by atoms with Crippen molar-refractivity contribution in [3.8, 4) is 0 Å². The minimum atomic E-state index is -0.795. The van der Waals surface area contributed by atoms with E-state index < -0.39 is 17.5 Å². The molecule has 0 spiro atoms. The molecular formula is C20H28O4. The summed E-state index contributed by atoms with van der Waals surface area (Å²) < 4.78 is 5.48. The van der Waals surface area contributed by atoms with Gasteiger partial charge in [-0.05, 0) is 45.1 Å². The molecule has 0 heterocycles. The standard InChI is InChI=1S/C20H28O4/c1-14(2)16(18(21)22)12-9-13-17(15-10-7-6-8-11-15)19(23)24-20(3,4)5/h6-8,10-11,13-14,16H,9,12H2,1-5H3,(H,21,22)/b17-13-/t16-/m1/s1. The first-order valence-electron chi connectivity index (χ1n) is 8.33. The van der Waals surface area contributed by atoms with Crippen molar-refractivity contribution >= 4 is 17.5 Å². The number of carboxylic acid groups (broad SMARTS) is 1. The van der Waals surface area contributed by atoms with E-state index in [0.717, 1.165) is 5.56 Å². The van der Waals surface area contributed by atoms with Crippen molar-refractivity contribution in [1.29, 1.82) is 0 Å². The Morgan fingerprint density at radius 1 is 1.17 bits per heavy atom. The van der Waals surface area contributed by atoms with E-state index in [-0.39, 0.29) is 11.9 Å². The van der Waals surface area contributed by atoms with Crippen LogP contribution < -0.4 is 0 Å². The van der Waals surface area contributed by atoms with Crippen molar-refractivity contribution in [3.05, 3.63) is 42.0 Å². The quantitative estimate of drug-likeness (QED) is 0.588. The van der Waals surface area contributed by atoms with Crippen molar-refractivity contribution in [3.63, 3.8) is 0 Å². The topological polar surface area (TPSA) is 63.6 Å². The molecule has 0 aliphatic rings. The normalized spacial score (nSPS) is 13.7. The highest BCUT2D eigenvalue weighted by molar-refractivity contribution is 6.16. The maximum absolute atomic E-state index is 12.5. The van der Waals surface area contributed by atoms with E-state index in [1.165, 1.54) is 0 Å².